The maximum atomic E-state index is 12.8. The quantitative estimate of drug-likeness (QED) is 0.665. The van der Waals surface area contributed by atoms with Crippen LogP contribution in [0.3, 0.4) is 0 Å². The number of aliphatic hydroxyl groups is 1. The Labute approximate surface area is 145 Å². The number of fused-ring (bicyclic) bond motifs is 1. The van der Waals surface area contributed by atoms with Crippen molar-refractivity contribution in [1.29, 1.82) is 0 Å². The van der Waals surface area contributed by atoms with E-state index < -0.39 is 0 Å². The molecule has 1 aromatic rings. The number of aliphatic hydroxyl groups excluding tert-OH is 1. The molecule has 2 saturated heterocycles. The highest BCUT2D eigenvalue weighted by atomic mass is 32.1. The Morgan fingerprint density at radius 3 is 2.58 bits per heavy atom. The van der Waals surface area contributed by atoms with E-state index in [-0.39, 0.29) is 48.3 Å². The van der Waals surface area contributed by atoms with Gasteiger partial charge in [-0.25, -0.2) is 0 Å². The van der Waals surface area contributed by atoms with Gasteiger partial charge in [0.25, 0.3) is 0 Å². The van der Waals surface area contributed by atoms with Crippen LogP contribution in [0, 0.1) is 17.8 Å². The van der Waals surface area contributed by atoms with Crippen molar-refractivity contribution in [1.82, 2.24) is 9.80 Å². The largest absolute Gasteiger partial charge is 0.396 e. The van der Waals surface area contributed by atoms with Gasteiger partial charge in [0.15, 0.2) is 0 Å². The van der Waals surface area contributed by atoms with Gasteiger partial charge in [-0.05, 0) is 31.3 Å². The van der Waals surface area contributed by atoms with Crippen LogP contribution in [-0.4, -0.2) is 53.5 Å². The second kappa shape index (κ2) is 5.79. The van der Waals surface area contributed by atoms with Gasteiger partial charge in [0.05, 0.1) is 17.9 Å². The van der Waals surface area contributed by atoms with Crippen molar-refractivity contribution in [2.24, 2.45) is 17.8 Å². The molecule has 0 radical (unpaired) electrons. The predicted molar refractivity (Wildman–Crippen MR) is 91.3 cm³/mol. The average molecular weight is 346 g/mol. The lowest BCUT2D eigenvalue weighted by atomic mass is 9.62. The highest BCUT2D eigenvalue weighted by Crippen LogP contribution is 2.56. The highest BCUT2D eigenvalue weighted by molar-refractivity contribution is 7.10. The smallest absolute Gasteiger partial charge is 0.234 e. The van der Waals surface area contributed by atoms with Gasteiger partial charge >= 0.3 is 0 Å². The summed E-state index contributed by atoms with van der Waals surface area (Å²) in [5.74, 6) is -0.573. The minimum atomic E-state index is -0.258. The molecular formula is C18H22N2O3S. The third-order valence-electron chi connectivity index (χ3n) is 5.89. The standard InChI is InChI=1S/C18H22N2O3S/c1-19-11-9-10(5-3-7-21)13(16(19)12-6-4-8-24-12)15-14(11)17(22)20(2)18(15)23/h4,6,8-9,11,13-16,21H,3,5,7H2,1-2H3. The Kier molecular flexibility index (Phi) is 3.86. The zero-order chi connectivity index (χ0) is 17.0. The van der Waals surface area contributed by atoms with Crippen molar-refractivity contribution in [2.45, 2.75) is 24.9 Å². The van der Waals surface area contributed by atoms with Crippen LogP contribution in [0.2, 0.25) is 0 Å². The van der Waals surface area contributed by atoms with Gasteiger partial charge in [-0.1, -0.05) is 17.7 Å². The number of piperidine rings is 1. The lowest BCUT2D eigenvalue weighted by Gasteiger charge is -2.53. The first-order chi connectivity index (χ1) is 11.6. The summed E-state index contributed by atoms with van der Waals surface area (Å²) in [6.07, 6.45) is 3.68. The van der Waals surface area contributed by atoms with E-state index in [4.69, 9.17) is 0 Å². The van der Waals surface area contributed by atoms with Crippen LogP contribution in [0.25, 0.3) is 0 Å². The van der Waals surface area contributed by atoms with Crippen LogP contribution in [0.15, 0.2) is 29.2 Å². The third kappa shape index (κ3) is 2.06. The molecule has 5 rings (SSSR count). The topological polar surface area (TPSA) is 60.9 Å². The van der Waals surface area contributed by atoms with Gasteiger partial charge in [-0.15, -0.1) is 11.3 Å². The maximum absolute atomic E-state index is 12.8. The summed E-state index contributed by atoms with van der Waals surface area (Å²) in [5, 5.41) is 11.3. The van der Waals surface area contributed by atoms with Gasteiger partial charge in [-0.2, -0.15) is 0 Å². The second-order valence-electron chi connectivity index (χ2n) is 7.00. The molecule has 0 spiro atoms. The minimum Gasteiger partial charge on any atom is -0.396 e. The van der Waals surface area contributed by atoms with Crippen molar-refractivity contribution < 1.29 is 14.7 Å². The van der Waals surface area contributed by atoms with Crippen LogP contribution in [0.5, 0.6) is 0 Å². The first-order valence-corrected chi connectivity index (χ1v) is 9.32. The normalized spacial score (nSPS) is 35.5. The number of likely N-dealkylation sites (N-methyl/N-ethyl adjacent to an activating group) is 1. The summed E-state index contributed by atoms with van der Waals surface area (Å²) in [4.78, 5) is 30.2. The summed E-state index contributed by atoms with van der Waals surface area (Å²) < 4.78 is 0. The Bertz CT molecular complexity index is 699. The Morgan fingerprint density at radius 1 is 1.17 bits per heavy atom. The van der Waals surface area contributed by atoms with E-state index in [2.05, 4.69) is 29.5 Å². The van der Waals surface area contributed by atoms with Crippen LogP contribution in [-0.2, 0) is 9.59 Å². The number of carbonyl (C=O) groups excluding carboxylic acids is 2. The van der Waals surface area contributed by atoms with E-state index in [1.165, 1.54) is 15.4 Å². The van der Waals surface area contributed by atoms with Gasteiger partial charge in [-0.3, -0.25) is 19.4 Å². The number of hydrogen-bond donors (Lipinski definition) is 1. The molecule has 6 heteroatoms. The lowest BCUT2D eigenvalue weighted by molar-refractivity contribution is -0.138. The number of amides is 2. The molecule has 24 heavy (non-hydrogen) atoms. The van der Waals surface area contributed by atoms with Crippen LogP contribution < -0.4 is 0 Å². The van der Waals surface area contributed by atoms with E-state index >= 15 is 0 Å². The highest BCUT2D eigenvalue weighted by Gasteiger charge is 2.62. The molecule has 2 fully saturated rings. The molecule has 1 N–H and O–H groups in total. The first-order valence-electron chi connectivity index (χ1n) is 8.44. The molecule has 0 saturated carbocycles. The van der Waals surface area contributed by atoms with Crippen LogP contribution in [0.4, 0.5) is 0 Å². The second-order valence-corrected chi connectivity index (χ2v) is 7.98. The first kappa shape index (κ1) is 16.0. The van der Waals surface area contributed by atoms with Gasteiger partial charge in [0.2, 0.25) is 11.8 Å². The number of nitrogens with zero attached hydrogens (tertiary/aromatic N) is 2. The molecule has 2 amide bonds. The SMILES string of the molecule is CN1C(=O)C2C(C1=O)C1C=C(CCCO)C2C(c2cccs2)N1C. The molecule has 4 heterocycles. The van der Waals surface area contributed by atoms with Crippen LogP contribution >= 0.6 is 11.3 Å². The van der Waals surface area contributed by atoms with Crippen LogP contribution in [0.1, 0.15) is 23.8 Å². The fraction of sp³-hybridized carbons (Fsp3) is 0.556. The molecule has 2 bridgehead atoms. The zero-order valence-electron chi connectivity index (χ0n) is 13.9. The van der Waals surface area contributed by atoms with E-state index in [0.717, 1.165) is 6.42 Å². The van der Waals surface area contributed by atoms with E-state index in [9.17, 15) is 14.7 Å². The fourth-order valence-corrected chi connectivity index (χ4v) is 5.77. The van der Waals surface area contributed by atoms with E-state index in [1.54, 1.807) is 18.4 Å². The Morgan fingerprint density at radius 2 is 1.92 bits per heavy atom. The maximum Gasteiger partial charge on any atom is 0.234 e. The summed E-state index contributed by atoms with van der Waals surface area (Å²) in [6, 6.07) is 4.26. The number of thiophene rings is 1. The molecule has 128 valence electrons. The molecule has 1 aromatic heterocycles. The summed E-state index contributed by atoms with van der Waals surface area (Å²) in [5.41, 5.74) is 1.24. The van der Waals surface area contributed by atoms with Gasteiger partial charge < -0.3 is 5.11 Å². The Balaban J connectivity index is 1.81. The number of imide groups is 1. The summed E-state index contributed by atoms with van der Waals surface area (Å²) in [6.45, 7) is 0.148. The molecular weight excluding hydrogens is 324 g/mol. The molecule has 4 aliphatic rings. The van der Waals surface area contributed by atoms with Crippen molar-refractivity contribution in [3.63, 3.8) is 0 Å². The Hall–Kier alpha value is -1.50. The average Bonchev–Trinajstić information content (AvgIpc) is 3.18. The summed E-state index contributed by atoms with van der Waals surface area (Å²) in [7, 11) is 3.67. The number of hydrogen-bond acceptors (Lipinski definition) is 5. The van der Waals surface area contributed by atoms with E-state index in [1.807, 2.05) is 6.07 Å². The fourth-order valence-electron chi connectivity index (χ4n) is 4.84. The predicted octanol–water partition coefficient (Wildman–Crippen LogP) is 1.66. The van der Waals surface area contributed by atoms with Crippen molar-refractivity contribution in [3.05, 3.63) is 34.0 Å². The van der Waals surface area contributed by atoms with Crippen molar-refractivity contribution >= 4 is 23.2 Å². The monoisotopic (exact) mass is 346 g/mol. The molecule has 5 atom stereocenters. The van der Waals surface area contributed by atoms with Crippen molar-refractivity contribution in [3.8, 4) is 0 Å². The number of likely N-dealkylation sites (tertiary alicyclic amines) is 1. The van der Waals surface area contributed by atoms with Gasteiger partial charge in [0, 0.05) is 30.5 Å². The zero-order valence-corrected chi connectivity index (χ0v) is 14.7. The molecule has 3 aliphatic heterocycles. The van der Waals surface area contributed by atoms with E-state index in [0.29, 0.717) is 6.42 Å². The lowest BCUT2D eigenvalue weighted by Crippen LogP contribution is -2.57. The molecule has 1 aliphatic carbocycles. The molecule has 0 aromatic carbocycles. The number of carbonyl (C=O) groups is 2. The van der Waals surface area contributed by atoms with Crippen molar-refractivity contribution in [2.75, 3.05) is 20.7 Å². The minimum absolute atomic E-state index is 0.0246. The third-order valence-corrected chi connectivity index (χ3v) is 6.84. The number of rotatable bonds is 4. The molecule has 5 nitrogen and oxygen atoms in total. The van der Waals surface area contributed by atoms with Gasteiger partial charge in [0.1, 0.15) is 0 Å². The molecule has 5 unspecified atom stereocenters. The summed E-state index contributed by atoms with van der Waals surface area (Å²) >= 11 is 1.71.